The van der Waals surface area contributed by atoms with E-state index >= 15 is 0 Å². The molecule has 0 saturated carbocycles. The van der Waals surface area contributed by atoms with Crippen LogP contribution in [-0.4, -0.2) is 43.5 Å². The first-order chi connectivity index (χ1) is 6.46. The fourth-order valence-electron chi connectivity index (χ4n) is 0.525. The van der Waals surface area contributed by atoms with E-state index in [2.05, 4.69) is 4.74 Å². The largest absolute Gasteiger partial charge is 0.434 e. The van der Waals surface area contributed by atoms with E-state index < -0.39 is 24.5 Å². The SMILES string of the molecule is CN(C)C(=O)OC(C(F)(F)F)C(F)(F)F. The van der Waals surface area contributed by atoms with Gasteiger partial charge in [-0.3, -0.25) is 0 Å². The lowest BCUT2D eigenvalue weighted by Crippen LogP contribution is -2.47. The molecule has 0 aliphatic carbocycles. The van der Waals surface area contributed by atoms with Crippen LogP contribution in [0.1, 0.15) is 0 Å². The molecule has 0 aromatic carbocycles. The van der Waals surface area contributed by atoms with Crippen molar-refractivity contribution in [2.24, 2.45) is 0 Å². The average Bonchev–Trinajstić information content (AvgIpc) is 1.94. The highest BCUT2D eigenvalue weighted by molar-refractivity contribution is 5.67. The van der Waals surface area contributed by atoms with Crippen molar-refractivity contribution in [1.82, 2.24) is 4.90 Å². The maximum Gasteiger partial charge on any atom is 0.434 e. The molecule has 0 radical (unpaired) electrons. The lowest BCUT2D eigenvalue weighted by molar-refractivity contribution is -0.308. The topological polar surface area (TPSA) is 29.5 Å². The van der Waals surface area contributed by atoms with Crippen molar-refractivity contribution in [3.8, 4) is 0 Å². The van der Waals surface area contributed by atoms with Crippen molar-refractivity contribution < 1.29 is 35.9 Å². The highest BCUT2D eigenvalue weighted by Crippen LogP contribution is 2.35. The summed E-state index contributed by atoms with van der Waals surface area (Å²) in [4.78, 5) is 11.0. The summed E-state index contributed by atoms with van der Waals surface area (Å²) < 4.78 is 74.2. The molecule has 1 amide bonds. The molecule has 0 spiro atoms. The minimum Gasteiger partial charge on any atom is -0.426 e. The van der Waals surface area contributed by atoms with E-state index in [1.165, 1.54) is 0 Å². The van der Waals surface area contributed by atoms with Gasteiger partial charge < -0.3 is 9.64 Å². The Morgan fingerprint density at radius 3 is 1.60 bits per heavy atom. The van der Waals surface area contributed by atoms with E-state index in [9.17, 15) is 31.1 Å². The van der Waals surface area contributed by atoms with Gasteiger partial charge >= 0.3 is 18.4 Å². The molecule has 0 aliphatic heterocycles. The molecule has 0 aromatic rings. The summed E-state index contributed by atoms with van der Waals surface area (Å²) in [5.74, 6) is 0. The van der Waals surface area contributed by atoms with Crippen LogP contribution in [0.3, 0.4) is 0 Å². The number of hydrogen-bond donors (Lipinski definition) is 0. The molecule has 9 heteroatoms. The Balaban J connectivity index is 4.77. The maximum atomic E-state index is 11.8. The highest BCUT2D eigenvalue weighted by Gasteiger charge is 2.60. The lowest BCUT2D eigenvalue weighted by atomic mass is 10.3. The third-order valence-electron chi connectivity index (χ3n) is 1.18. The summed E-state index contributed by atoms with van der Waals surface area (Å²) in [5, 5.41) is 0. The van der Waals surface area contributed by atoms with E-state index in [1.807, 2.05) is 0 Å². The summed E-state index contributed by atoms with van der Waals surface area (Å²) in [7, 11) is 1.93. The van der Waals surface area contributed by atoms with Gasteiger partial charge in [-0.25, -0.2) is 4.79 Å². The summed E-state index contributed by atoms with van der Waals surface area (Å²) in [6, 6.07) is 0. The van der Waals surface area contributed by atoms with Crippen molar-refractivity contribution >= 4 is 6.09 Å². The van der Waals surface area contributed by atoms with Crippen LogP contribution < -0.4 is 0 Å². The third kappa shape index (κ3) is 4.26. The van der Waals surface area contributed by atoms with Gasteiger partial charge in [0.05, 0.1) is 0 Å². The first-order valence-corrected chi connectivity index (χ1v) is 3.47. The van der Waals surface area contributed by atoms with Crippen LogP contribution in [-0.2, 0) is 4.74 Å². The summed E-state index contributed by atoms with van der Waals surface area (Å²) in [6.07, 6.45) is -17.2. The van der Waals surface area contributed by atoms with Crippen LogP contribution in [0.15, 0.2) is 0 Å². The molecule has 0 fully saturated rings. The minimum atomic E-state index is -5.68. The number of hydrogen-bond acceptors (Lipinski definition) is 2. The molecule has 15 heavy (non-hydrogen) atoms. The quantitative estimate of drug-likeness (QED) is 0.656. The number of halogens is 6. The van der Waals surface area contributed by atoms with Gasteiger partial charge in [-0.2, -0.15) is 26.3 Å². The fourth-order valence-corrected chi connectivity index (χ4v) is 0.525. The van der Waals surface area contributed by atoms with Gasteiger partial charge in [0.25, 0.3) is 6.10 Å². The van der Waals surface area contributed by atoms with Crippen LogP contribution in [0.4, 0.5) is 31.1 Å². The minimum absolute atomic E-state index is 0.463. The van der Waals surface area contributed by atoms with Gasteiger partial charge in [0.2, 0.25) is 0 Å². The molecular formula is C6H7F6NO2. The van der Waals surface area contributed by atoms with E-state index in [4.69, 9.17) is 0 Å². The number of alkyl halides is 6. The molecular weight excluding hydrogens is 232 g/mol. The molecule has 0 aliphatic rings. The third-order valence-corrected chi connectivity index (χ3v) is 1.18. The molecule has 0 bridgehead atoms. The number of ether oxygens (including phenoxy) is 1. The van der Waals surface area contributed by atoms with Gasteiger partial charge in [-0.05, 0) is 0 Å². The lowest BCUT2D eigenvalue weighted by Gasteiger charge is -2.24. The zero-order chi connectivity index (χ0) is 12.4. The second kappa shape index (κ2) is 4.15. The molecule has 3 nitrogen and oxygen atoms in total. The van der Waals surface area contributed by atoms with E-state index in [-0.39, 0.29) is 0 Å². The van der Waals surface area contributed by atoms with E-state index in [0.717, 1.165) is 14.1 Å². The maximum absolute atomic E-state index is 11.8. The second-order valence-corrected chi connectivity index (χ2v) is 2.74. The van der Waals surface area contributed by atoms with Crippen LogP contribution in [0.25, 0.3) is 0 Å². The summed E-state index contributed by atoms with van der Waals surface area (Å²) >= 11 is 0. The summed E-state index contributed by atoms with van der Waals surface area (Å²) in [6.45, 7) is 0. The Morgan fingerprint density at radius 1 is 1.07 bits per heavy atom. The zero-order valence-corrected chi connectivity index (χ0v) is 7.61. The number of carbonyl (C=O) groups excluding carboxylic acids is 1. The predicted octanol–water partition coefficient (Wildman–Crippen LogP) is 2.18. The summed E-state index contributed by atoms with van der Waals surface area (Å²) in [5.41, 5.74) is 0. The molecule has 0 N–H and O–H groups in total. The molecule has 0 unspecified atom stereocenters. The normalized spacial score (nSPS) is 12.9. The Kier molecular flexibility index (Phi) is 3.83. The number of nitrogens with zero attached hydrogens (tertiary/aromatic N) is 1. The Labute approximate surface area is 80.6 Å². The van der Waals surface area contributed by atoms with Crippen LogP contribution >= 0.6 is 0 Å². The molecule has 90 valence electrons. The van der Waals surface area contributed by atoms with Gasteiger partial charge in [-0.15, -0.1) is 0 Å². The molecule has 0 heterocycles. The van der Waals surface area contributed by atoms with Gasteiger partial charge in [0, 0.05) is 14.1 Å². The number of rotatable bonds is 1. The van der Waals surface area contributed by atoms with Crippen molar-refractivity contribution in [3.63, 3.8) is 0 Å². The van der Waals surface area contributed by atoms with Crippen LogP contribution in [0, 0.1) is 0 Å². The molecule has 0 saturated heterocycles. The Bertz CT molecular complexity index is 219. The van der Waals surface area contributed by atoms with Crippen molar-refractivity contribution in [2.75, 3.05) is 14.1 Å². The monoisotopic (exact) mass is 239 g/mol. The van der Waals surface area contributed by atoms with Crippen molar-refractivity contribution in [3.05, 3.63) is 0 Å². The molecule has 0 atom stereocenters. The first kappa shape index (κ1) is 13.8. The number of carbonyl (C=O) groups is 1. The predicted molar refractivity (Wildman–Crippen MR) is 36.1 cm³/mol. The van der Waals surface area contributed by atoms with Crippen LogP contribution in [0.5, 0.6) is 0 Å². The smallest absolute Gasteiger partial charge is 0.426 e. The second-order valence-electron chi connectivity index (χ2n) is 2.74. The highest BCUT2D eigenvalue weighted by atomic mass is 19.4. The first-order valence-electron chi connectivity index (χ1n) is 3.47. The zero-order valence-electron chi connectivity index (χ0n) is 7.61. The number of amides is 1. The van der Waals surface area contributed by atoms with E-state index in [1.54, 1.807) is 0 Å². The van der Waals surface area contributed by atoms with Crippen LogP contribution in [0.2, 0.25) is 0 Å². The van der Waals surface area contributed by atoms with Gasteiger partial charge in [0.15, 0.2) is 0 Å². The van der Waals surface area contributed by atoms with Crippen molar-refractivity contribution in [2.45, 2.75) is 18.5 Å². The average molecular weight is 239 g/mol. The van der Waals surface area contributed by atoms with Gasteiger partial charge in [-0.1, -0.05) is 0 Å². The molecule has 0 rings (SSSR count). The fraction of sp³-hybridized carbons (Fsp3) is 0.833. The Hall–Kier alpha value is -1.15. The standard InChI is InChI=1S/C6H7F6NO2/c1-13(2)4(14)15-3(5(7,8)9)6(10,11)12/h3H,1-2H3. The molecule has 0 aromatic heterocycles. The van der Waals surface area contributed by atoms with Gasteiger partial charge in [0.1, 0.15) is 0 Å². The van der Waals surface area contributed by atoms with Crippen molar-refractivity contribution in [1.29, 1.82) is 0 Å². The van der Waals surface area contributed by atoms with E-state index in [0.29, 0.717) is 4.90 Å². The Morgan fingerprint density at radius 2 is 1.40 bits per heavy atom.